The molecule has 0 aliphatic heterocycles. The van der Waals surface area contributed by atoms with Crippen molar-refractivity contribution in [3.63, 3.8) is 0 Å². The SMILES string of the molecule is COC(=O)/C=C/C(=O)OCCNC(=O)C1=CCC=C1. The summed E-state index contributed by atoms with van der Waals surface area (Å²) in [5, 5.41) is 2.60. The van der Waals surface area contributed by atoms with Gasteiger partial charge in [-0.15, -0.1) is 0 Å². The fourth-order valence-corrected chi connectivity index (χ4v) is 1.30. The summed E-state index contributed by atoms with van der Waals surface area (Å²) in [5.41, 5.74) is 0.608. The molecule has 19 heavy (non-hydrogen) atoms. The Morgan fingerprint density at radius 3 is 2.68 bits per heavy atom. The van der Waals surface area contributed by atoms with Crippen molar-refractivity contribution in [1.82, 2.24) is 5.32 Å². The van der Waals surface area contributed by atoms with Crippen molar-refractivity contribution in [2.75, 3.05) is 20.3 Å². The van der Waals surface area contributed by atoms with Crippen molar-refractivity contribution < 1.29 is 23.9 Å². The molecular formula is C13H15NO5. The summed E-state index contributed by atoms with van der Waals surface area (Å²) in [7, 11) is 1.21. The van der Waals surface area contributed by atoms with Crippen LogP contribution in [0.15, 0.2) is 36.0 Å². The van der Waals surface area contributed by atoms with Crippen molar-refractivity contribution in [1.29, 1.82) is 0 Å². The highest BCUT2D eigenvalue weighted by Crippen LogP contribution is 2.07. The van der Waals surface area contributed by atoms with Gasteiger partial charge in [-0.2, -0.15) is 0 Å². The first-order chi connectivity index (χ1) is 9.13. The van der Waals surface area contributed by atoms with Crippen LogP contribution in [0, 0.1) is 0 Å². The molecule has 1 N–H and O–H groups in total. The van der Waals surface area contributed by atoms with Gasteiger partial charge in [0, 0.05) is 17.7 Å². The number of ether oxygens (including phenoxy) is 2. The maximum Gasteiger partial charge on any atom is 0.331 e. The fourth-order valence-electron chi connectivity index (χ4n) is 1.30. The van der Waals surface area contributed by atoms with Crippen LogP contribution in [0.2, 0.25) is 0 Å². The van der Waals surface area contributed by atoms with Gasteiger partial charge in [0.2, 0.25) is 0 Å². The Bertz CT molecular complexity index is 448. The highest BCUT2D eigenvalue weighted by Gasteiger charge is 2.08. The second-order valence-corrected chi connectivity index (χ2v) is 3.58. The lowest BCUT2D eigenvalue weighted by molar-refractivity contribution is -0.139. The number of allylic oxidation sites excluding steroid dienone is 2. The highest BCUT2D eigenvalue weighted by atomic mass is 16.5. The van der Waals surface area contributed by atoms with Gasteiger partial charge in [0.25, 0.3) is 5.91 Å². The number of carbonyl (C=O) groups is 3. The third-order valence-corrected chi connectivity index (χ3v) is 2.22. The molecule has 0 unspecified atom stereocenters. The molecule has 0 fully saturated rings. The zero-order chi connectivity index (χ0) is 14.1. The monoisotopic (exact) mass is 265 g/mol. The van der Waals surface area contributed by atoms with Crippen molar-refractivity contribution in [3.8, 4) is 0 Å². The highest BCUT2D eigenvalue weighted by molar-refractivity contribution is 5.96. The van der Waals surface area contributed by atoms with Gasteiger partial charge in [-0.3, -0.25) is 4.79 Å². The lowest BCUT2D eigenvalue weighted by Gasteiger charge is -2.04. The minimum Gasteiger partial charge on any atom is -0.466 e. The average Bonchev–Trinajstić information content (AvgIpc) is 2.94. The Labute approximate surface area is 110 Å². The van der Waals surface area contributed by atoms with E-state index < -0.39 is 11.9 Å². The van der Waals surface area contributed by atoms with Crippen LogP contribution in [-0.2, 0) is 23.9 Å². The molecule has 0 bridgehead atoms. The van der Waals surface area contributed by atoms with E-state index in [1.54, 1.807) is 12.2 Å². The summed E-state index contributed by atoms with van der Waals surface area (Å²) in [5.74, 6) is -1.50. The third kappa shape index (κ3) is 5.67. The van der Waals surface area contributed by atoms with E-state index in [1.807, 2.05) is 6.08 Å². The van der Waals surface area contributed by atoms with Crippen LogP contribution in [0.4, 0.5) is 0 Å². The Kier molecular flexibility index (Phi) is 6.08. The zero-order valence-electron chi connectivity index (χ0n) is 10.5. The molecule has 0 aromatic heterocycles. The maximum atomic E-state index is 11.5. The Morgan fingerprint density at radius 2 is 2.05 bits per heavy atom. The van der Waals surface area contributed by atoms with Gasteiger partial charge >= 0.3 is 11.9 Å². The largest absolute Gasteiger partial charge is 0.466 e. The van der Waals surface area contributed by atoms with Crippen molar-refractivity contribution in [2.45, 2.75) is 6.42 Å². The number of methoxy groups -OCH3 is 1. The lowest BCUT2D eigenvalue weighted by atomic mass is 10.3. The Hall–Kier alpha value is -2.37. The molecule has 1 amide bonds. The maximum absolute atomic E-state index is 11.5. The van der Waals surface area contributed by atoms with E-state index in [0.29, 0.717) is 5.57 Å². The number of rotatable bonds is 6. The minimum atomic E-state index is -0.667. The first-order valence-corrected chi connectivity index (χ1v) is 5.71. The van der Waals surface area contributed by atoms with Crippen LogP contribution in [0.1, 0.15) is 6.42 Å². The standard InChI is InChI=1S/C13H15NO5/c1-18-11(15)6-7-12(16)19-9-8-14-13(17)10-4-2-3-5-10/h2,4-7H,3,8-9H2,1H3,(H,14,17)/b7-6+. The summed E-state index contributed by atoms with van der Waals surface area (Å²) >= 11 is 0. The van der Waals surface area contributed by atoms with Gasteiger partial charge in [-0.25, -0.2) is 9.59 Å². The second kappa shape index (κ2) is 7.86. The molecule has 0 spiro atoms. The topological polar surface area (TPSA) is 81.7 Å². The summed E-state index contributed by atoms with van der Waals surface area (Å²) in [6, 6.07) is 0. The third-order valence-electron chi connectivity index (χ3n) is 2.22. The van der Waals surface area contributed by atoms with E-state index in [4.69, 9.17) is 4.74 Å². The van der Waals surface area contributed by atoms with Crippen molar-refractivity contribution in [2.24, 2.45) is 0 Å². The fraction of sp³-hybridized carbons (Fsp3) is 0.308. The molecule has 0 atom stereocenters. The first kappa shape index (κ1) is 14.7. The Morgan fingerprint density at radius 1 is 1.32 bits per heavy atom. The number of esters is 2. The summed E-state index contributed by atoms with van der Waals surface area (Å²) in [6.45, 7) is 0.245. The number of hydrogen-bond donors (Lipinski definition) is 1. The van der Waals surface area contributed by atoms with E-state index in [1.165, 1.54) is 7.11 Å². The van der Waals surface area contributed by atoms with Crippen LogP contribution >= 0.6 is 0 Å². The number of nitrogens with one attached hydrogen (secondary N) is 1. The molecule has 1 aliphatic carbocycles. The summed E-state index contributed by atoms with van der Waals surface area (Å²) in [4.78, 5) is 33.3. The van der Waals surface area contributed by atoms with Gasteiger partial charge in [0.05, 0.1) is 13.7 Å². The minimum absolute atomic E-state index is 0.0348. The predicted octanol–water partition coefficient (Wildman–Crippen LogP) is 0.261. The van der Waals surface area contributed by atoms with E-state index in [2.05, 4.69) is 10.1 Å². The van der Waals surface area contributed by atoms with Crippen LogP contribution < -0.4 is 5.32 Å². The molecule has 0 radical (unpaired) electrons. The first-order valence-electron chi connectivity index (χ1n) is 5.71. The van der Waals surface area contributed by atoms with E-state index in [9.17, 15) is 14.4 Å². The van der Waals surface area contributed by atoms with Crippen LogP contribution in [0.3, 0.4) is 0 Å². The van der Waals surface area contributed by atoms with E-state index >= 15 is 0 Å². The van der Waals surface area contributed by atoms with Gasteiger partial charge in [0.1, 0.15) is 6.61 Å². The lowest BCUT2D eigenvalue weighted by Crippen LogP contribution is -2.28. The average molecular weight is 265 g/mol. The van der Waals surface area contributed by atoms with E-state index in [0.717, 1.165) is 18.6 Å². The molecule has 0 aromatic rings. The quantitative estimate of drug-likeness (QED) is 0.423. The number of amides is 1. The molecule has 6 nitrogen and oxygen atoms in total. The molecule has 102 valence electrons. The van der Waals surface area contributed by atoms with Gasteiger partial charge in [-0.05, 0) is 6.42 Å². The van der Waals surface area contributed by atoms with Gasteiger partial charge in [-0.1, -0.05) is 18.2 Å². The van der Waals surface area contributed by atoms with Crippen LogP contribution in [0.5, 0.6) is 0 Å². The summed E-state index contributed by atoms with van der Waals surface area (Å²) < 4.78 is 9.08. The Balaban J connectivity index is 2.15. The molecule has 6 heteroatoms. The zero-order valence-corrected chi connectivity index (χ0v) is 10.5. The van der Waals surface area contributed by atoms with Crippen LogP contribution in [-0.4, -0.2) is 38.1 Å². The normalized spacial score (nSPS) is 13.2. The van der Waals surface area contributed by atoms with Crippen molar-refractivity contribution >= 4 is 17.8 Å². The van der Waals surface area contributed by atoms with Gasteiger partial charge in [0.15, 0.2) is 0 Å². The van der Waals surface area contributed by atoms with E-state index in [-0.39, 0.29) is 19.1 Å². The molecule has 1 rings (SSSR count). The second-order valence-electron chi connectivity index (χ2n) is 3.58. The molecule has 0 heterocycles. The molecular weight excluding hydrogens is 250 g/mol. The van der Waals surface area contributed by atoms with Gasteiger partial charge < -0.3 is 14.8 Å². The molecule has 1 aliphatic rings. The molecule has 0 saturated heterocycles. The number of carbonyl (C=O) groups excluding carboxylic acids is 3. The van der Waals surface area contributed by atoms with Crippen LogP contribution in [0.25, 0.3) is 0 Å². The summed E-state index contributed by atoms with van der Waals surface area (Å²) in [6.07, 6.45) is 8.12. The predicted molar refractivity (Wildman–Crippen MR) is 67.0 cm³/mol. The molecule has 0 aromatic carbocycles. The van der Waals surface area contributed by atoms with Crippen molar-refractivity contribution in [3.05, 3.63) is 36.0 Å². The number of hydrogen-bond acceptors (Lipinski definition) is 5. The smallest absolute Gasteiger partial charge is 0.331 e. The molecule has 0 saturated carbocycles.